The molecule has 1 N–H and O–H groups in total. The Hall–Kier alpha value is -5.19. The first-order chi connectivity index (χ1) is 21.5. The Morgan fingerprint density at radius 3 is 1.80 bits per heavy atom. The molecule has 1 aliphatic carbocycles. The van der Waals surface area contributed by atoms with Gasteiger partial charge in [-0.25, -0.2) is 14.4 Å². The Bertz CT molecular complexity index is 1620. The van der Waals surface area contributed by atoms with Crippen molar-refractivity contribution in [3.8, 4) is 11.1 Å². The number of nitrogens with one attached hydrogen (secondary N) is 1. The zero-order valence-corrected chi connectivity index (χ0v) is 25.2. The number of carbonyl (C=O) groups is 5. The van der Waals surface area contributed by atoms with Crippen molar-refractivity contribution in [3.63, 3.8) is 0 Å². The second kappa shape index (κ2) is 11.4. The lowest BCUT2D eigenvalue weighted by Crippen LogP contribution is -2.62. The predicted octanol–water partition coefficient (Wildman–Crippen LogP) is 5.05. The number of amides is 4. The highest BCUT2D eigenvalue weighted by molar-refractivity contribution is 6.21. The maximum Gasteiger partial charge on any atom is 0.409 e. The molecule has 3 aliphatic rings. The molecule has 1 fully saturated rings. The minimum atomic E-state index is -1.68. The average molecular weight is 612 g/mol. The fourth-order valence-corrected chi connectivity index (χ4v) is 6.06. The molecule has 1 saturated heterocycles. The van der Waals surface area contributed by atoms with Crippen LogP contribution in [0.4, 0.5) is 9.59 Å². The van der Waals surface area contributed by atoms with Gasteiger partial charge < -0.3 is 24.5 Å². The summed E-state index contributed by atoms with van der Waals surface area (Å²) in [4.78, 5) is 72.3. The second-order valence-corrected chi connectivity index (χ2v) is 12.3. The predicted molar refractivity (Wildman–Crippen MR) is 161 cm³/mol. The van der Waals surface area contributed by atoms with E-state index in [-0.39, 0.29) is 49.6 Å². The molecule has 11 heteroatoms. The second-order valence-electron chi connectivity index (χ2n) is 12.3. The third-order valence-corrected chi connectivity index (χ3v) is 8.27. The van der Waals surface area contributed by atoms with Crippen LogP contribution >= 0.6 is 0 Å². The quantitative estimate of drug-likeness (QED) is 0.397. The molecule has 3 aromatic carbocycles. The number of nitrogens with zero attached hydrogens (tertiary/aromatic N) is 2. The fraction of sp³-hybridized carbons (Fsp3) is 0.324. The number of fused-ring (bicyclic) bond motifs is 4. The number of likely N-dealkylation sites (tertiary alicyclic amines) is 1. The molecule has 0 atom stereocenters. The van der Waals surface area contributed by atoms with Crippen LogP contribution in [0.3, 0.4) is 0 Å². The van der Waals surface area contributed by atoms with Crippen molar-refractivity contribution < 1.29 is 38.3 Å². The Morgan fingerprint density at radius 2 is 1.29 bits per heavy atom. The lowest BCUT2D eigenvalue weighted by Gasteiger charge is -2.40. The third kappa shape index (κ3) is 5.61. The number of rotatable bonds is 5. The Balaban J connectivity index is 1.15. The molecule has 0 saturated carbocycles. The standard InChI is InChI=1S/C34H33N3O8/c1-33(2,3)44-31(41)35-34(30(40)45-37-28(38)25-14-8-9-15-26(25)29(37)39)16-18-36(19-17-34)32(42)43-20-27-23-12-6-4-10-21(23)22-11-5-7-13-24(22)27/h4-15,27H,16-20H2,1-3H3,(H,35,41). The highest BCUT2D eigenvalue weighted by atomic mass is 16.7. The Labute approximate surface area is 260 Å². The third-order valence-electron chi connectivity index (χ3n) is 8.27. The van der Waals surface area contributed by atoms with E-state index in [9.17, 15) is 24.0 Å². The molecule has 0 unspecified atom stereocenters. The molecule has 0 aromatic heterocycles. The first-order valence-electron chi connectivity index (χ1n) is 14.8. The van der Waals surface area contributed by atoms with Crippen molar-refractivity contribution in [1.29, 1.82) is 0 Å². The summed E-state index contributed by atoms with van der Waals surface area (Å²) in [7, 11) is 0. The fourth-order valence-electron chi connectivity index (χ4n) is 6.06. The Morgan fingerprint density at radius 1 is 0.800 bits per heavy atom. The summed E-state index contributed by atoms with van der Waals surface area (Å²) in [6.07, 6.45) is -1.58. The van der Waals surface area contributed by atoms with E-state index in [0.717, 1.165) is 22.3 Å². The molecule has 3 aromatic rings. The summed E-state index contributed by atoms with van der Waals surface area (Å²) in [5.74, 6) is -2.70. The lowest BCUT2D eigenvalue weighted by molar-refractivity contribution is -0.178. The van der Waals surface area contributed by atoms with Crippen molar-refractivity contribution in [2.45, 2.75) is 50.7 Å². The molecular weight excluding hydrogens is 578 g/mol. The first-order valence-corrected chi connectivity index (χ1v) is 14.8. The number of hydroxylamine groups is 2. The largest absolute Gasteiger partial charge is 0.448 e. The highest BCUT2D eigenvalue weighted by Gasteiger charge is 2.49. The van der Waals surface area contributed by atoms with Crippen molar-refractivity contribution in [2.75, 3.05) is 19.7 Å². The normalized spacial score (nSPS) is 16.9. The van der Waals surface area contributed by atoms with Crippen LogP contribution in [0.2, 0.25) is 0 Å². The molecule has 2 heterocycles. The summed E-state index contributed by atoms with van der Waals surface area (Å²) < 4.78 is 11.2. The van der Waals surface area contributed by atoms with Gasteiger partial charge in [-0.05, 0) is 68.0 Å². The van der Waals surface area contributed by atoms with Crippen molar-refractivity contribution in [1.82, 2.24) is 15.3 Å². The topological polar surface area (TPSA) is 132 Å². The molecule has 232 valence electrons. The van der Waals surface area contributed by atoms with Gasteiger partial charge >= 0.3 is 18.2 Å². The maximum atomic E-state index is 13.7. The van der Waals surface area contributed by atoms with E-state index < -0.39 is 41.1 Å². The van der Waals surface area contributed by atoms with Crippen molar-refractivity contribution in [3.05, 3.63) is 95.1 Å². The molecular formula is C34H33N3O8. The van der Waals surface area contributed by atoms with Crippen LogP contribution in [-0.2, 0) is 19.1 Å². The molecule has 0 radical (unpaired) electrons. The van der Waals surface area contributed by atoms with Crippen LogP contribution in [0, 0.1) is 0 Å². The smallest absolute Gasteiger partial charge is 0.409 e. The molecule has 2 aliphatic heterocycles. The highest BCUT2D eigenvalue weighted by Crippen LogP contribution is 2.44. The summed E-state index contributed by atoms with van der Waals surface area (Å²) in [5, 5.41) is 3.01. The van der Waals surface area contributed by atoms with Gasteiger partial charge in [-0.2, -0.15) is 0 Å². The van der Waals surface area contributed by atoms with Gasteiger partial charge in [-0.15, -0.1) is 0 Å². The van der Waals surface area contributed by atoms with Crippen molar-refractivity contribution in [2.24, 2.45) is 0 Å². The average Bonchev–Trinajstić information content (AvgIpc) is 3.46. The van der Waals surface area contributed by atoms with Gasteiger partial charge in [0.1, 0.15) is 17.7 Å². The minimum absolute atomic E-state index is 0.0314. The number of piperidine rings is 1. The van der Waals surface area contributed by atoms with E-state index in [1.807, 2.05) is 36.4 Å². The number of carbonyl (C=O) groups excluding carboxylic acids is 5. The van der Waals surface area contributed by atoms with Crippen LogP contribution < -0.4 is 5.32 Å². The SMILES string of the molecule is CC(C)(C)OC(=O)NC1(C(=O)ON2C(=O)c3ccccc3C2=O)CCN(C(=O)OCC2c3ccccc3-c3ccccc32)CC1. The van der Waals surface area contributed by atoms with Crippen LogP contribution in [0.15, 0.2) is 72.8 Å². The molecule has 11 nitrogen and oxygen atoms in total. The first kappa shape index (κ1) is 29.9. The van der Waals surface area contributed by atoms with E-state index in [0.29, 0.717) is 5.06 Å². The Kier molecular flexibility index (Phi) is 7.56. The van der Waals surface area contributed by atoms with Crippen molar-refractivity contribution >= 4 is 30.0 Å². The van der Waals surface area contributed by atoms with Gasteiger partial charge in [0.25, 0.3) is 11.8 Å². The number of imide groups is 1. The van der Waals surface area contributed by atoms with E-state index in [4.69, 9.17) is 14.3 Å². The number of hydrogen-bond acceptors (Lipinski definition) is 8. The minimum Gasteiger partial charge on any atom is -0.448 e. The van der Waals surface area contributed by atoms with Crippen LogP contribution in [0.1, 0.15) is 71.4 Å². The number of benzene rings is 3. The number of hydrogen-bond donors (Lipinski definition) is 1. The van der Waals surface area contributed by atoms with E-state index >= 15 is 0 Å². The van der Waals surface area contributed by atoms with Gasteiger partial charge in [0.15, 0.2) is 0 Å². The monoisotopic (exact) mass is 611 g/mol. The van der Waals surface area contributed by atoms with E-state index in [1.54, 1.807) is 32.9 Å². The summed E-state index contributed by atoms with van der Waals surface area (Å²) in [6, 6.07) is 22.2. The summed E-state index contributed by atoms with van der Waals surface area (Å²) in [6.45, 7) is 5.22. The zero-order valence-electron chi connectivity index (χ0n) is 25.2. The van der Waals surface area contributed by atoms with Crippen LogP contribution in [0.25, 0.3) is 11.1 Å². The van der Waals surface area contributed by atoms with Gasteiger partial charge in [0.05, 0.1) is 11.1 Å². The van der Waals surface area contributed by atoms with Gasteiger partial charge in [0.2, 0.25) is 0 Å². The molecule has 45 heavy (non-hydrogen) atoms. The van der Waals surface area contributed by atoms with E-state index in [1.165, 1.54) is 17.0 Å². The lowest BCUT2D eigenvalue weighted by atomic mass is 9.87. The maximum absolute atomic E-state index is 13.7. The molecule has 4 amide bonds. The van der Waals surface area contributed by atoms with Crippen LogP contribution in [0.5, 0.6) is 0 Å². The summed E-state index contributed by atoms with van der Waals surface area (Å²) in [5.41, 5.74) is 2.06. The molecule has 6 rings (SSSR count). The van der Waals surface area contributed by atoms with Gasteiger partial charge in [-0.3, -0.25) is 9.59 Å². The van der Waals surface area contributed by atoms with Crippen LogP contribution in [-0.4, -0.2) is 70.8 Å². The number of ether oxygens (including phenoxy) is 2. The molecule has 0 spiro atoms. The number of alkyl carbamates (subject to hydrolysis) is 1. The van der Waals surface area contributed by atoms with E-state index in [2.05, 4.69) is 17.4 Å². The van der Waals surface area contributed by atoms with Gasteiger partial charge in [-0.1, -0.05) is 65.7 Å². The van der Waals surface area contributed by atoms with Gasteiger partial charge in [0, 0.05) is 19.0 Å². The molecule has 0 bridgehead atoms. The summed E-state index contributed by atoms with van der Waals surface area (Å²) >= 11 is 0. The zero-order chi connectivity index (χ0) is 31.9.